The first kappa shape index (κ1) is 23.0. The Morgan fingerprint density at radius 2 is 2.03 bits per heavy atom. The molecule has 178 valence electrons. The first-order chi connectivity index (χ1) is 15.9. The number of nitro groups is 1. The molecule has 2 atom stereocenters. The molecule has 33 heavy (non-hydrogen) atoms. The fourth-order valence-corrected chi connectivity index (χ4v) is 5.07. The van der Waals surface area contributed by atoms with Crippen molar-refractivity contribution < 1.29 is 14.1 Å². The molecule has 0 spiro atoms. The van der Waals surface area contributed by atoms with E-state index in [0.717, 1.165) is 50.5 Å². The molecule has 1 saturated carbocycles. The third kappa shape index (κ3) is 5.11. The molecule has 1 aromatic carbocycles. The molecule has 2 fully saturated rings. The van der Waals surface area contributed by atoms with Crippen LogP contribution in [0, 0.1) is 22.9 Å². The highest BCUT2D eigenvalue weighted by atomic mass is 19.1. The largest absolute Gasteiger partial charge is 0.370 e. The van der Waals surface area contributed by atoms with Crippen molar-refractivity contribution in [1.82, 2.24) is 25.4 Å². The van der Waals surface area contributed by atoms with Crippen molar-refractivity contribution >= 4 is 16.8 Å². The summed E-state index contributed by atoms with van der Waals surface area (Å²) in [5.41, 5.74) is 1.94. The van der Waals surface area contributed by atoms with Crippen LogP contribution in [0.25, 0.3) is 10.9 Å². The number of aromatic nitrogens is 1. The topological polar surface area (TPSA) is 107 Å². The summed E-state index contributed by atoms with van der Waals surface area (Å²) in [7, 11) is 1.69. The lowest BCUT2D eigenvalue weighted by Gasteiger charge is -2.43. The Morgan fingerprint density at radius 1 is 1.27 bits per heavy atom. The number of benzene rings is 1. The number of piperazine rings is 1. The highest BCUT2D eigenvalue weighted by Crippen LogP contribution is 2.26. The number of nitrogens with zero attached hydrogens (tertiary/aromatic N) is 3. The monoisotopic (exact) mass is 458 g/mol. The summed E-state index contributed by atoms with van der Waals surface area (Å²) >= 11 is 0. The predicted molar refractivity (Wildman–Crippen MR) is 124 cm³/mol. The number of fused-ring (bicyclic) bond motifs is 1. The lowest BCUT2D eigenvalue weighted by molar-refractivity contribution is -0.404. The van der Waals surface area contributed by atoms with Crippen LogP contribution in [-0.2, 0) is 0 Å². The standard InChI is InChI=1S/C23H31FN6O3/c1-15-6-7-19(24)18-13-20(27-22(15)18)23(31)26-16-4-3-5-17(12-16)28-8-10-29(11-9-28)21(25-2)14-30(32)33/h6-7,13-14,16-17,25,27H,3-5,8-12H2,1-2H3,(H,26,31)/b21-14+/t16-,17+/m1/s1. The Balaban J connectivity index is 1.35. The van der Waals surface area contributed by atoms with E-state index in [1.807, 2.05) is 11.8 Å². The van der Waals surface area contributed by atoms with Crippen molar-refractivity contribution in [1.29, 1.82) is 0 Å². The summed E-state index contributed by atoms with van der Waals surface area (Å²) in [5.74, 6) is -0.0141. The van der Waals surface area contributed by atoms with Crippen LogP contribution in [-0.4, -0.2) is 70.9 Å². The molecule has 2 heterocycles. The molecular formula is C23H31FN6O3. The quantitative estimate of drug-likeness (QED) is 0.454. The van der Waals surface area contributed by atoms with E-state index in [9.17, 15) is 19.3 Å². The Bertz CT molecular complexity index is 1020. The van der Waals surface area contributed by atoms with E-state index in [4.69, 9.17) is 0 Å². The van der Waals surface area contributed by atoms with Crippen LogP contribution in [0.1, 0.15) is 41.7 Å². The molecular weight excluding hydrogens is 427 g/mol. The third-order valence-corrected chi connectivity index (χ3v) is 6.83. The minimum Gasteiger partial charge on any atom is -0.370 e. The minimum absolute atomic E-state index is 0.0638. The normalized spacial score (nSPS) is 22.4. The van der Waals surface area contributed by atoms with Gasteiger partial charge in [0.2, 0.25) is 0 Å². The Hall–Kier alpha value is -3.14. The van der Waals surface area contributed by atoms with Gasteiger partial charge >= 0.3 is 0 Å². The van der Waals surface area contributed by atoms with Crippen molar-refractivity contribution in [2.75, 3.05) is 33.2 Å². The molecule has 1 saturated heterocycles. The van der Waals surface area contributed by atoms with E-state index in [0.29, 0.717) is 41.5 Å². The number of halogens is 1. The lowest BCUT2D eigenvalue weighted by atomic mass is 9.89. The summed E-state index contributed by atoms with van der Waals surface area (Å²) in [6.07, 6.45) is 4.90. The molecule has 0 radical (unpaired) electrons. The molecule has 1 amide bonds. The first-order valence-corrected chi connectivity index (χ1v) is 11.5. The maximum atomic E-state index is 14.1. The second-order valence-electron chi connectivity index (χ2n) is 8.90. The second-order valence-corrected chi connectivity index (χ2v) is 8.90. The van der Waals surface area contributed by atoms with Crippen LogP contribution in [0.15, 0.2) is 30.2 Å². The maximum Gasteiger partial charge on any atom is 0.274 e. The van der Waals surface area contributed by atoms with Crippen LogP contribution in [0.2, 0.25) is 0 Å². The molecule has 2 aliphatic rings. The number of hydrogen-bond donors (Lipinski definition) is 3. The fourth-order valence-electron chi connectivity index (χ4n) is 5.07. The van der Waals surface area contributed by atoms with Crippen LogP contribution in [0.4, 0.5) is 4.39 Å². The SMILES string of the molecule is CN/C(=C\[N+](=O)[O-])N1CCN([C@H]2CCC[C@@H](NC(=O)c3cc4c(F)ccc(C)c4[nH]3)C2)CC1. The van der Waals surface area contributed by atoms with Crippen LogP contribution in [0.3, 0.4) is 0 Å². The van der Waals surface area contributed by atoms with Crippen molar-refractivity contribution in [3.8, 4) is 0 Å². The molecule has 9 nitrogen and oxygen atoms in total. The van der Waals surface area contributed by atoms with E-state index in [1.165, 1.54) is 6.07 Å². The summed E-state index contributed by atoms with van der Waals surface area (Å²) in [6, 6.07) is 5.14. The third-order valence-electron chi connectivity index (χ3n) is 6.83. The molecule has 2 aromatic rings. The van der Waals surface area contributed by atoms with E-state index < -0.39 is 4.92 Å². The average Bonchev–Trinajstić information content (AvgIpc) is 3.27. The van der Waals surface area contributed by atoms with Gasteiger partial charge in [-0.25, -0.2) is 4.39 Å². The van der Waals surface area contributed by atoms with Gasteiger partial charge in [0.05, 0.1) is 10.4 Å². The summed E-state index contributed by atoms with van der Waals surface area (Å²) in [6.45, 7) is 4.96. The summed E-state index contributed by atoms with van der Waals surface area (Å²) < 4.78 is 14.1. The number of nitrogens with one attached hydrogen (secondary N) is 3. The predicted octanol–water partition coefficient (Wildman–Crippen LogP) is 2.57. The number of H-pyrrole nitrogens is 1. The number of aryl methyl sites for hydroxylation is 1. The van der Waals surface area contributed by atoms with Gasteiger partial charge in [0.1, 0.15) is 11.5 Å². The van der Waals surface area contributed by atoms with Gasteiger partial charge in [0.15, 0.2) is 5.82 Å². The van der Waals surface area contributed by atoms with Gasteiger partial charge in [-0.1, -0.05) is 6.07 Å². The number of amides is 1. The van der Waals surface area contributed by atoms with Crippen molar-refractivity contribution in [3.05, 3.63) is 57.4 Å². The molecule has 0 unspecified atom stereocenters. The Morgan fingerprint density at radius 3 is 2.70 bits per heavy atom. The van der Waals surface area contributed by atoms with Gasteiger partial charge in [0.25, 0.3) is 12.1 Å². The number of rotatable bonds is 6. The van der Waals surface area contributed by atoms with Gasteiger partial charge in [0, 0.05) is 50.7 Å². The summed E-state index contributed by atoms with van der Waals surface area (Å²) in [4.78, 5) is 30.8. The minimum atomic E-state index is -0.435. The Kier molecular flexibility index (Phi) is 6.83. The van der Waals surface area contributed by atoms with Crippen LogP contribution < -0.4 is 10.6 Å². The zero-order chi connectivity index (χ0) is 23.5. The average molecular weight is 459 g/mol. The smallest absolute Gasteiger partial charge is 0.274 e. The van der Waals surface area contributed by atoms with E-state index in [1.54, 1.807) is 19.2 Å². The highest BCUT2D eigenvalue weighted by molar-refractivity contribution is 5.99. The van der Waals surface area contributed by atoms with Crippen molar-refractivity contribution in [3.63, 3.8) is 0 Å². The molecule has 3 N–H and O–H groups in total. The zero-order valence-corrected chi connectivity index (χ0v) is 19.1. The van der Waals surface area contributed by atoms with Crippen LogP contribution >= 0.6 is 0 Å². The fraction of sp³-hybridized carbons (Fsp3) is 0.522. The number of carbonyl (C=O) groups excluding carboxylic acids is 1. The number of carbonyl (C=O) groups is 1. The van der Waals surface area contributed by atoms with Crippen molar-refractivity contribution in [2.24, 2.45) is 0 Å². The highest BCUT2D eigenvalue weighted by Gasteiger charge is 2.31. The maximum absolute atomic E-state index is 14.1. The Labute approximate surface area is 192 Å². The molecule has 1 aliphatic heterocycles. The second kappa shape index (κ2) is 9.78. The van der Waals surface area contributed by atoms with Gasteiger partial charge < -0.3 is 20.5 Å². The lowest BCUT2D eigenvalue weighted by Crippen LogP contribution is -2.53. The van der Waals surface area contributed by atoms with Crippen molar-refractivity contribution in [2.45, 2.75) is 44.7 Å². The van der Waals surface area contributed by atoms with Gasteiger partial charge in [-0.15, -0.1) is 0 Å². The molecule has 0 bridgehead atoms. The van der Waals surface area contributed by atoms with E-state index in [-0.39, 0.29) is 17.8 Å². The van der Waals surface area contributed by atoms with E-state index >= 15 is 0 Å². The van der Waals surface area contributed by atoms with Gasteiger partial charge in [-0.2, -0.15) is 0 Å². The zero-order valence-electron chi connectivity index (χ0n) is 19.1. The number of hydrogen-bond acceptors (Lipinski definition) is 6. The summed E-state index contributed by atoms with van der Waals surface area (Å²) in [5, 5.41) is 17.3. The molecule has 1 aromatic heterocycles. The molecule has 1 aliphatic carbocycles. The van der Waals surface area contributed by atoms with Gasteiger partial charge in [-0.05, 0) is 50.3 Å². The molecule has 4 rings (SSSR count). The first-order valence-electron chi connectivity index (χ1n) is 11.5. The van der Waals surface area contributed by atoms with E-state index in [2.05, 4.69) is 20.5 Å². The van der Waals surface area contributed by atoms with Crippen LogP contribution in [0.5, 0.6) is 0 Å². The van der Waals surface area contributed by atoms with Gasteiger partial charge in [-0.3, -0.25) is 19.8 Å². The molecule has 10 heteroatoms. The number of aromatic amines is 1.